The first-order valence-corrected chi connectivity index (χ1v) is 22.4. The van der Waals surface area contributed by atoms with Gasteiger partial charge in [-0.3, -0.25) is 0 Å². The predicted octanol–water partition coefficient (Wildman–Crippen LogP) is 18.3. The quantitative estimate of drug-likeness (QED) is 0.102. The molecule has 2 heteroatoms. The summed E-state index contributed by atoms with van der Waals surface area (Å²) in [5, 5.41) is 4.78. The minimum atomic E-state index is 0.369. The zero-order valence-electron chi connectivity index (χ0n) is 38.2. The van der Waals surface area contributed by atoms with Crippen LogP contribution in [-0.2, 0) is 0 Å². The lowest BCUT2D eigenvalue weighted by Gasteiger charge is -2.31. The maximum absolute atomic E-state index is 7.03. The van der Waals surface area contributed by atoms with E-state index in [4.69, 9.17) is 8.83 Å². The normalized spacial score (nSPS) is 13.0. The summed E-state index contributed by atoms with van der Waals surface area (Å²) in [4.78, 5) is 0. The first kappa shape index (κ1) is 40.2. The zero-order valence-corrected chi connectivity index (χ0v) is 38.2. The Morgan fingerprint density at radius 1 is 0.293 bits per heavy atom. The van der Waals surface area contributed by atoms with Crippen LogP contribution in [0.15, 0.2) is 69.5 Å². The van der Waals surface area contributed by atoms with Crippen LogP contribution in [0.25, 0.3) is 77.3 Å². The second kappa shape index (κ2) is 14.6. The molecule has 58 heavy (non-hydrogen) atoms. The molecule has 0 atom stereocenters. The topological polar surface area (TPSA) is 26.3 Å². The largest absolute Gasteiger partial charge is 0.456 e. The molecule has 0 amide bonds. The third-order valence-electron chi connectivity index (χ3n) is 13.2. The molecule has 6 aromatic rings. The van der Waals surface area contributed by atoms with Gasteiger partial charge in [0.1, 0.15) is 22.3 Å². The second-order valence-electron chi connectivity index (χ2n) is 19.9. The van der Waals surface area contributed by atoms with E-state index in [9.17, 15) is 0 Å². The van der Waals surface area contributed by atoms with Gasteiger partial charge in [-0.25, -0.2) is 0 Å². The molecule has 0 fully saturated rings. The van der Waals surface area contributed by atoms with Crippen molar-refractivity contribution in [3.63, 3.8) is 0 Å². The summed E-state index contributed by atoms with van der Waals surface area (Å²) in [7, 11) is 0. The molecule has 2 heterocycles. The molecule has 2 nitrogen and oxygen atoms in total. The van der Waals surface area contributed by atoms with Gasteiger partial charge in [-0.15, -0.1) is 0 Å². The molecule has 0 spiro atoms. The summed E-state index contributed by atoms with van der Waals surface area (Å²) in [5.41, 5.74) is 23.2. The van der Waals surface area contributed by atoms with Crippen molar-refractivity contribution in [3.05, 3.63) is 105 Å². The van der Waals surface area contributed by atoms with Gasteiger partial charge in [0, 0.05) is 21.9 Å². The Hall–Kier alpha value is -4.56. The van der Waals surface area contributed by atoms with Gasteiger partial charge in [-0.05, 0) is 161 Å². The lowest BCUT2D eigenvalue weighted by molar-refractivity contribution is 0.646. The Kier molecular flexibility index (Phi) is 10.1. The Labute approximate surface area is 348 Å². The fourth-order valence-electron chi connectivity index (χ4n) is 10.8. The number of hydrogen-bond acceptors (Lipinski definition) is 2. The molecule has 0 radical (unpaired) electrons. The molecule has 0 unspecified atom stereocenters. The van der Waals surface area contributed by atoms with Crippen molar-refractivity contribution < 1.29 is 8.83 Å². The van der Waals surface area contributed by atoms with Gasteiger partial charge in [0.2, 0.25) is 0 Å². The molecule has 0 saturated heterocycles. The fourth-order valence-corrected chi connectivity index (χ4v) is 10.8. The van der Waals surface area contributed by atoms with Gasteiger partial charge in [-0.2, -0.15) is 0 Å². The van der Waals surface area contributed by atoms with Crippen molar-refractivity contribution in [1.29, 1.82) is 0 Å². The van der Waals surface area contributed by atoms with Crippen molar-refractivity contribution in [2.45, 2.75) is 158 Å². The summed E-state index contributed by atoms with van der Waals surface area (Å²) in [6.07, 6.45) is 0. The van der Waals surface area contributed by atoms with Gasteiger partial charge in [0.05, 0.1) is 0 Å². The van der Waals surface area contributed by atoms with Crippen LogP contribution in [0, 0.1) is 0 Å². The number of hydrogen-bond donors (Lipinski definition) is 0. The Morgan fingerprint density at radius 2 is 0.569 bits per heavy atom. The first-order chi connectivity index (χ1) is 27.4. The molecule has 2 aliphatic heterocycles. The molecule has 0 aliphatic carbocycles. The number of benzene rings is 6. The van der Waals surface area contributed by atoms with E-state index in [0.29, 0.717) is 47.3 Å². The summed E-state index contributed by atoms with van der Waals surface area (Å²) in [5.74, 6) is 3.14. The van der Waals surface area contributed by atoms with E-state index in [1.54, 1.807) is 0 Å². The summed E-state index contributed by atoms with van der Waals surface area (Å²) in [6, 6.07) is 23.3. The average molecular weight is 771 g/mol. The SMILES string of the molecule is CC(C)c1cc(C(C)C)c(C(C)C)c(-c2ccc3oc4ccc5c(-c6c(C(C)C)c(C(C)C)cc(C(C)C)c6C(C)C)ccc6oc7ccc2c3c7-c4c65)c1C(C)C. The van der Waals surface area contributed by atoms with Crippen LogP contribution in [0.5, 0.6) is 0 Å². The average Bonchev–Trinajstić information content (AvgIpc) is 3.16. The standard InChI is InChI=1S/C56H66O2/c1-27(2)39-25-40(28(3)4)48(32(11)12)53(47(39)31(9)10)37-19-21-43-51-35(37)17-23-45-55(51)56-46(57-43)24-18-36-38(20-22-44(58-45)52(36)56)54-49(33(13)14)41(29(5)6)26-42(30(7)8)50(54)34(15)16/h17-34H,1-16H3. The van der Waals surface area contributed by atoms with Crippen LogP contribution in [0.1, 0.15) is 203 Å². The van der Waals surface area contributed by atoms with Crippen LogP contribution < -0.4 is 0 Å². The second-order valence-corrected chi connectivity index (χ2v) is 19.9. The minimum absolute atomic E-state index is 0.369. The summed E-state index contributed by atoms with van der Waals surface area (Å²) in [6.45, 7) is 37.9. The molecule has 8 rings (SSSR count). The van der Waals surface area contributed by atoms with Gasteiger partial charge >= 0.3 is 0 Å². The van der Waals surface area contributed by atoms with Gasteiger partial charge in [0.15, 0.2) is 0 Å². The van der Waals surface area contributed by atoms with Gasteiger partial charge in [-0.1, -0.05) is 135 Å². The van der Waals surface area contributed by atoms with Crippen molar-refractivity contribution in [2.24, 2.45) is 0 Å². The molecule has 0 N–H and O–H groups in total. The molecule has 6 aromatic carbocycles. The fraction of sp³-hybridized carbons (Fsp3) is 0.429. The molecule has 0 aromatic heterocycles. The molecule has 2 aliphatic rings. The maximum Gasteiger partial charge on any atom is 0.136 e. The molecular formula is C56H66O2. The summed E-state index contributed by atoms with van der Waals surface area (Å²) < 4.78 is 14.1. The van der Waals surface area contributed by atoms with E-state index in [0.717, 1.165) is 33.1 Å². The van der Waals surface area contributed by atoms with Crippen LogP contribution >= 0.6 is 0 Å². The van der Waals surface area contributed by atoms with Crippen LogP contribution in [-0.4, -0.2) is 0 Å². The summed E-state index contributed by atoms with van der Waals surface area (Å²) >= 11 is 0. The third-order valence-corrected chi connectivity index (χ3v) is 13.2. The smallest absolute Gasteiger partial charge is 0.136 e. The van der Waals surface area contributed by atoms with Crippen molar-refractivity contribution in [1.82, 2.24) is 0 Å². The van der Waals surface area contributed by atoms with Gasteiger partial charge < -0.3 is 8.83 Å². The molecular weight excluding hydrogens is 705 g/mol. The van der Waals surface area contributed by atoms with E-state index < -0.39 is 0 Å². The van der Waals surface area contributed by atoms with Crippen LogP contribution in [0.2, 0.25) is 0 Å². The minimum Gasteiger partial charge on any atom is -0.456 e. The van der Waals surface area contributed by atoms with Crippen LogP contribution in [0.3, 0.4) is 0 Å². The molecule has 0 bridgehead atoms. The third kappa shape index (κ3) is 6.02. The van der Waals surface area contributed by atoms with Crippen molar-refractivity contribution >= 4 is 43.9 Å². The highest BCUT2D eigenvalue weighted by molar-refractivity contribution is 6.26. The van der Waals surface area contributed by atoms with Crippen LogP contribution in [0.4, 0.5) is 0 Å². The lowest BCUT2D eigenvalue weighted by atomic mass is 9.74. The first-order valence-electron chi connectivity index (χ1n) is 22.4. The highest BCUT2D eigenvalue weighted by Crippen LogP contribution is 2.54. The number of rotatable bonds is 10. The monoisotopic (exact) mass is 771 g/mol. The van der Waals surface area contributed by atoms with E-state index in [1.807, 2.05) is 0 Å². The van der Waals surface area contributed by atoms with E-state index in [-0.39, 0.29) is 0 Å². The Balaban J connectivity index is 1.51. The zero-order chi connectivity index (χ0) is 41.8. The molecule has 0 saturated carbocycles. The van der Waals surface area contributed by atoms with E-state index >= 15 is 0 Å². The van der Waals surface area contributed by atoms with Gasteiger partial charge in [0.25, 0.3) is 0 Å². The van der Waals surface area contributed by atoms with E-state index in [2.05, 4.69) is 171 Å². The van der Waals surface area contributed by atoms with E-state index in [1.165, 1.54) is 88.7 Å². The lowest BCUT2D eigenvalue weighted by Crippen LogP contribution is -2.11. The highest BCUT2D eigenvalue weighted by Gasteiger charge is 2.32. The Morgan fingerprint density at radius 3 is 0.828 bits per heavy atom. The van der Waals surface area contributed by atoms with Crippen molar-refractivity contribution in [3.8, 4) is 33.4 Å². The highest BCUT2D eigenvalue weighted by atomic mass is 16.3. The van der Waals surface area contributed by atoms with Crippen molar-refractivity contribution in [2.75, 3.05) is 0 Å². The Bertz CT molecular complexity index is 2520. The maximum atomic E-state index is 7.03. The molecule has 302 valence electrons. The predicted molar refractivity (Wildman–Crippen MR) is 252 cm³/mol.